The average molecular weight is 403 g/mol. The minimum atomic E-state index is -0.782. The second-order valence-electron chi connectivity index (χ2n) is 8.11. The molecule has 0 aliphatic rings. The van der Waals surface area contributed by atoms with Crippen LogP contribution in [0.15, 0.2) is 0 Å². The lowest BCUT2D eigenvalue weighted by molar-refractivity contribution is -0.137. The standard InChI is InChI=1S/C23H46O5/c1-2-3-4-5-6-7-10-13-16-22(28-20-21(25)19-24)17-14-11-8-9-12-15-18-23(26)27/h21-22,24-25H,2-20H2,1H3,(H,26,27). The van der Waals surface area contributed by atoms with Gasteiger partial charge in [-0.25, -0.2) is 0 Å². The van der Waals surface area contributed by atoms with Crippen LogP contribution in [0.1, 0.15) is 116 Å². The normalized spacial score (nSPS) is 13.5. The Hall–Kier alpha value is -0.650. The van der Waals surface area contributed by atoms with Crippen LogP contribution >= 0.6 is 0 Å². The van der Waals surface area contributed by atoms with E-state index in [1.165, 1.54) is 51.4 Å². The van der Waals surface area contributed by atoms with Crippen molar-refractivity contribution < 1.29 is 24.9 Å². The molecule has 0 radical (unpaired) electrons. The number of carboxylic acids is 1. The third-order valence-electron chi connectivity index (χ3n) is 5.28. The highest BCUT2D eigenvalue weighted by Gasteiger charge is 2.12. The van der Waals surface area contributed by atoms with Crippen molar-refractivity contribution in [1.82, 2.24) is 0 Å². The number of aliphatic hydroxyl groups is 2. The molecule has 0 bridgehead atoms. The van der Waals surface area contributed by atoms with Crippen molar-refractivity contribution in [3.63, 3.8) is 0 Å². The predicted octanol–water partition coefficient (Wildman–Crippen LogP) is 5.46. The molecule has 0 amide bonds. The van der Waals surface area contributed by atoms with Crippen molar-refractivity contribution in [1.29, 1.82) is 0 Å². The number of aliphatic carboxylic acids is 1. The van der Waals surface area contributed by atoms with Gasteiger partial charge in [0.15, 0.2) is 0 Å². The number of hydrogen-bond acceptors (Lipinski definition) is 4. The molecule has 0 heterocycles. The molecule has 0 aliphatic carbocycles. The van der Waals surface area contributed by atoms with Crippen molar-refractivity contribution in [2.24, 2.45) is 0 Å². The van der Waals surface area contributed by atoms with E-state index in [1.54, 1.807) is 0 Å². The lowest BCUT2D eigenvalue weighted by Crippen LogP contribution is -2.24. The Balaban J connectivity index is 3.80. The number of unbranched alkanes of at least 4 members (excludes halogenated alkanes) is 12. The van der Waals surface area contributed by atoms with Crippen LogP contribution in [0.4, 0.5) is 0 Å². The zero-order chi connectivity index (χ0) is 20.9. The minimum absolute atomic E-state index is 0.174. The molecule has 3 N–H and O–H groups in total. The SMILES string of the molecule is CCCCCCCCCCC(CCCCCCCCC(=O)O)OCC(O)CO. The second kappa shape index (κ2) is 21.1. The van der Waals surface area contributed by atoms with Gasteiger partial charge in [0.05, 0.1) is 19.3 Å². The van der Waals surface area contributed by atoms with Gasteiger partial charge < -0.3 is 20.1 Å². The summed E-state index contributed by atoms with van der Waals surface area (Å²) in [6, 6.07) is 0. The fraction of sp³-hybridized carbons (Fsp3) is 0.957. The highest BCUT2D eigenvalue weighted by Crippen LogP contribution is 2.17. The lowest BCUT2D eigenvalue weighted by Gasteiger charge is -2.19. The monoisotopic (exact) mass is 402 g/mol. The molecule has 2 atom stereocenters. The van der Waals surface area contributed by atoms with Crippen LogP contribution in [0.3, 0.4) is 0 Å². The van der Waals surface area contributed by atoms with Gasteiger partial charge >= 0.3 is 5.97 Å². The summed E-state index contributed by atoms with van der Waals surface area (Å²) in [6.45, 7) is 2.21. The van der Waals surface area contributed by atoms with E-state index in [0.717, 1.165) is 51.4 Å². The molecule has 0 aromatic heterocycles. The van der Waals surface area contributed by atoms with Crippen molar-refractivity contribution in [2.45, 2.75) is 128 Å². The lowest BCUT2D eigenvalue weighted by atomic mass is 10.0. The van der Waals surface area contributed by atoms with Gasteiger partial charge in [0.1, 0.15) is 6.10 Å². The van der Waals surface area contributed by atoms with Crippen molar-refractivity contribution in [3.8, 4) is 0 Å². The smallest absolute Gasteiger partial charge is 0.303 e. The minimum Gasteiger partial charge on any atom is -0.481 e. The van der Waals surface area contributed by atoms with E-state index in [4.69, 9.17) is 14.9 Å². The number of ether oxygens (including phenoxy) is 1. The molecule has 0 spiro atoms. The molecule has 0 aromatic carbocycles. The summed E-state index contributed by atoms with van der Waals surface area (Å²) in [5, 5.41) is 27.1. The van der Waals surface area contributed by atoms with E-state index >= 15 is 0 Å². The largest absolute Gasteiger partial charge is 0.481 e. The fourth-order valence-electron chi connectivity index (χ4n) is 3.47. The third kappa shape index (κ3) is 20.1. The topological polar surface area (TPSA) is 87.0 Å². The first-order chi connectivity index (χ1) is 13.6. The van der Waals surface area contributed by atoms with Crippen molar-refractivity contribution in [2.75, 3.05) is 13.2 Å². The second-order valence-corrected chi connectivity index (χ2v) is 8.11. The molecule has 0 rings (SSSR count). The first-order valence-electron chi connectivity index (χ1n) is 11.7. The number of carbonyl (C=O) groups is 1. The Morgan fingerprint density at radius 3 is 1.71 bits per heavy atom. The summed E-state index contributed by atoms with van der Waals surface area (Å²) in [5.41, 5.74) is 0. The quantitative estimate of drug-likeness (QED) is 0.209. The molecule has 168 valence electrons. The fourth-order valence-corrected chi connectivity index (χ4v) is 3.47. The van der Waals surface area contributed by atoms with Gasteiger partial charge in [0.25, 0.3) is 0 Å². The van der Waals surface area contributed by atoms with E-state index in [2.05, 4.69) is 6.92 Å². The summed E-state index contributed by atoms with van der Waals surface area (Å²) in [7, 11) is 0. The van der Waals surface area contributed by atoms with Gasteiger partial charge in [0.2, 0.25) is 0 Å². The molecular formula is C23H46O5. The van der Waals surface area contributed by atoms with Crippen molar-refractivity contribution >= 4 is 5.97 Å². The number of rotatable bonds is 22. The zero-order valence-corrected chi connectivity index (χ0v) is 18.2. The first-order valence-corrected chi connectivity index (χ1v) is 11.7. The van der Waals surface area contributed by atoms with Crippen LogP contribution in [-0.4, -0.2) is 46.7 Å². The van der Waals surface area contributed by atoms with E-state index in [-0.39, 0.29) is 25.7 Å². The molecule has 0 saturated heterocycles. The van der Waals surface area contributed by atoms with Crippen LogP contribution in [0.2, 0.25) is 0 Å². The molecule has 0 fully saturated rings. The molecule has 2 unspecified atom stereocenters. The Labute approximate surface area is 172 Å². The van der Waals surface area contributed by atoms with Gasteiger partial charge in [-0.1, -0.05) is 90.4 Å². The number of carboxylic acid groups (broad SMARTS) is 1. The summed E-state index contributed by atoms with van der Waals surface area (Å²) in [4.78, 5) is 10.5. The molecule has 5 heteroatoms. The maximum atomic E-state index is 10.5. The summed E-state index contributed by atoms with van der Waals surface area (Å²) in [5.74, 6) is -0.703. The van der Waals surface area contributed by atoms with Crippen LogP contribution in [0, 0.1) is 0 Å². The van der Waals surface area contributed by atoms with Gasteiger partial charge in [-0.2, -0.15) is 0 Å². The predicted molar refractivity (Wildman–Crippen MR) is 115 cm³/mol. The molecule has 28 heavy (non-hydrogen) atoms. The molecule has 0 saturated carbocycles. The summed E-state index contributed by atoms with van der Waals surface area (Å²) < 4.78 is 5.85. The highest BCUT2D eigenvalue weighted by molar-refractivity contribution is 5.66. The zero-order valence-electron chi connectivity index (χ0n) is 18.2. The molecule has 5 nitrogen and oxygen atoms in total. The van der Waals surface area contributed by atoms with Gasteiger partial charge in [-0.05, 0) is 19.3 Å². The first kappa shape index (κ1) is 27.4. The van der Waals surface area contributed by atoms with E-state index in [1.807, 2.05) is 0 Å². The maximum absolute atomic E-state index is 10.5. The van der Waals surface area contributed by atoms with E-state index < -0.39 is 12.1 Å². The van der Waals surface area contributed by atoms with E-state index in [9.17, 15) is 9.90 Å². The Morgan fingerprint density at radius 1 is 0.786 bits per heavy atom. The van der Waals surface area contributed by atoms with Gasteiger partial charge in [-0.3, -0.25) is 4.79 Å². The Bertz CT molecular complexity index is 335. The highest BCUT2D eigenvalue weighted by atomic mass is 16.5. The maximum Gasteiger partial charge on any atom is 0.303 e. The Kier molecular flexibility index (Phi) is 20.6. The third-order valence-corrected chi connectivity index (χ3v) is 5.28. The van der Waals surface area contributed by atoms with Crippen LogP contribution < -0.4 is 0 Å². The number of hydrogen-bond donors (Lipinski definition) is 3. The van der Waals surface area contributed by atoms with Crippen LogP contribution in [0.25, 0.3) is 0 Å². The molecular weight excluding hydrogens is 356 g/mol. The van der Waals surface area contributed by atoms with Crippen LogP contribution in [-0.2, 0) is 9.53 Å². The molecule has 0 aliphatic heterocycles. The van der Waals surface area contributed by atoms with Crippen LogP contribution in [0.5, 0.6) is 0 Å². The van der Waals surface area contributed by atoms with Gasteiger partial charge in [-0.15, -0.1) is 0 Å². The molecule has 0 aromatic rings. The van der Waals surface area contributed by atoms with Gasteiger partial charge in [0, 0.05) is 6.42 Å². The summed E-state index contributed by atoms with van der Waals surface area (Å²) in [6.07, 6.45) is 18.4. The summed E-state index contributed by atoms with van der Waals surface area (Å²) >= 11 is 0. The van der Waals surface area contributed by atoms with Crippen molar-refractivity contribution in [3.05, 3.63) is 0 Å². The average Bonchev–Trinajstić information content (AvgIpc) is 2.68. The number of aliphatic hydroxyl groups excluding tert-OH is 2. The Morgan fingerprint density at radius 2 is 1.25 bits per heavy atom. The van der Waals surface area contributed by atoms with E-state index in [0.29, 0.717) is 0 Å².